The van der Waals surface area contributed by atoms with Crippen LogP contribution in [0.15, 0.2) is 42.7 Å². The Morgan fingerprint density at radius 2 is 1.68 bits per heavy atom. The van der Waals surface area contributed by atoms with Crippen LogP contribution in [0.25, 0.3) is 0 Å². The number of carbonyl (C=O) groups excluding carboxylic acids is 3. The van der Waals surface area contributed by atoms with Crippen LogP contribution >= 0.6 is 0 Å². The van der Waals surface area contributed by atoms with E-state index >= 15 is 0 Å². The number of likely N-dealkylation sites (tertiary alicyclic amines) is 1. The minimum Gasteiger partial charge on any atom is -0.350 e. The van der Waals surface area contributed by atoms with Crippen molar-refractivity contribution in [1.29, 1.82) is 0 Å². The summed E-state index contributed by atoms with van der Waals surface area (Å²) >= 11 is 0. The van der Waals surface area contributed by atoms with E-state index in [1.807, 2.05) is 41.2 Å². The maximum atomic E-state index is 12.4. The summed E-state index contributed by atoms with van der Waals surface area (Å²) < 4.78 is 1.85. The molecule has 146 valence electrons. The van der Waals surface area contributed by atoms with E-state index in [9.17, 15) is 14.4 Å². The predicted octanol–water partition coefficient (Wildman–Crippen LogP) is 1.72. The first-order valence-corrected chi connectivity index (χ1v) is 9.79. The summed E-state index contributed by atoms with van der Waals surface area (Å²) in [6.07, 6.45) is 7.14. The van der Waals surface area contributed by atoms with Gasteiger partial charge in [0.15, 0.2) is 0 Å². The molecule has 1 aliphatic carbocycles. The van der Waals surface area contributed by atoms with Crippen LogP contribution in [0.5, 0.6) is 0 Å². The Kier molecular flexibility index (Phi) is 5.23. The molecular formula is C21H24N4O3. The fourth-order valence-electron chi connectivity index (χ4n) is 4.13. The van der Waals surface area contributed by atoms with Gasteiger partial charge in [-0.15, -0.1) is 0 Å². The van der Waals surface area contributed by atoms with Gasteiger partial charge in [0.1, 0.15) is 6.54 Å². The van der Waals surface area contributed by atoms with Crippen LogP contribution in [0.1, 0.15) is 36.8 Å². The van der Waals surface area contributed by atoms with Gasteiger partial charge in [-0.25, -0.2) is 0 Å². The normalized spacial score (nSPS) is 21.6. The van der Waals surface area contributed by atoms with Gasteiger partial charge in [0.05, 0.1) is 18.4 Å². The van der Waals surface area contributed by atoms with E-state index in [4.69, 9.17) is 0 Å². The monoisotopic (exact) mass is 380 g/mol. The fraction of sp³-hybridized carbons (Fsp3) is 0.429. The molecule has 4 rings (SSSR count). The molecule has 2 aromatic rings. The van der Waals surface area contributed by atoms with Crippen LogP contribution in [0.2, 0.25) is 0 Å². The van der Waals surface area contributed by atoms with Gasteiger partial charge in [-0.2, -0.15) is 5.10 Å². The number of rotatable bonds is 6. The number of hydrogen-bond acceptors (Lipinski definition) is 4. The van der Waals surface area contributed by atoms with Crippen LogP contribution in [-0.4, -0.2) is 38.9 Å². The Hall–Kier alpha value is -2.96. The molecule has 1 aliphatic heterocycles. The number of nitrogens with one attached hydrogen (secondary N) is 1. The van der Waals surface area contributed by atoms with Crippen molar-refractivity contribution in [3.05, 3.63) is 53.9 Å². The second kappa shape index (κ2) is 7.96. The highest BCUT2D eigenvalue weighted by Gasteiger charge is 2.48. The summed E-state index contributed by atoms with van der Waals surface area (Å²) in [7, 11) is 0. The summed E-state index contributed by atoms with van der Waals surface area (Å²) in [6.45, 7) is 0.882. The average molecular weight is 380 g/mol. The van der Waals surface area contributed by atoms with Crippen LogP contribution in [0.4, 0.5) is 0 Å². The summed E-state index contributed by atoms with van der Waals surface area (Å²) in [4.78, 5) is 38.3. The van der Waals surface area contributed by atoms with Crippen molar-refractivity contribution in [3.8, 4) is 0 Å². The molecule has 2 aliphatic rings. The molecule has 1 aromatic heterocycles. The van der Waals surface area contributed by atoms with Crippen molar-refractivity contribution in [2.24, 2.45) is 11.8 Å². The highest BCUT2D eigenvalue weighted by Crippen LogP contribution is 2.37. The predicted molar refractivity (Wildman–Crippen MR) is 102 cm³/mol. The van der Waals surface area contributed by atoms with E-state index in [0.717, 1.165) is 41.7 Å². The minimum atomic E-state index is -0.305. The number of carbonyl (C=O) groups is 3. The molecule has 1 saturated heterocycles. The molecule has 1 N–H and O–H groups in total. The Labute approximate surface area is 163 Å². The molecule has 2 fully saturated rings. The van der Waals surface area contributed by atoms with E-state index in [-0.39, 0.29) is 36.1 Å². The van der Waals surface area contributed by atoms with Gasteiger partial charge >= 0.3 is 0 Å². The maximum Gasteiger partial charge on any atom is 0.240 e. The van der Waals surface area contributed by atoms with E-state index in [0.29, 0.717) is 13.1 Å². The molecule has 7 nitrogen and oxygen atoms in total. The molecule has 3 amide bonds. The molecule has 28 heavy (non-hydrogen) atoms. The van der Waals surface area contributed by atoms with Crippen LogP contribution in [-0.2, 0) is 27.5 Å². The van der Waals surface area contributed by atoms with Crippen molar-refractivity contribution < 1.29 is 14.4 Å². The van der Waals surface area contributed by atoms with Crippen molar-refractivity contribution in [3.63, 3.8) is 0 Å². The van der Waals surface area contributed by atoms with Crippen molar-refractivity contribution in [2.75, 3.05) is 6.54 Å². The molecule has 0 bridgehead atoms. The Morgan fingerprint density at radius 3 is 2.29 bits per heavy atom. The first-order valence-electron chi connectivity index (χ1n) is 9.79. The smallest absolute Gasteiger partial charge is 0.240 e. The molecule has 7 heteroatoms. The number of amides is 3. The van der Waals surface area contributed by atoms with Crippen LogP contribution < -0.4 is 5.32 Å². The molecule has 1 aromatic carbocycles. The van der Waals surface area contributed by atoms with E-state index in [1.54, 1.807) is 6.20 Å². The highest BCUT2D eigenvalue weighted by molar-refractivity contribution is 6.07. The first kappa shape index (κ1) is 18.4. The standard InChI is InChI=1S/C21H24N4O3/c26-19(14-25-20(27)17-4-1-2-5-18(17)21(25)28)22-12-15-6-8-16(9-7-15)13-24-11-3-10-23-24/h3,6-11,17-18H,1-2,4-5,12-14H2,(H,22,26)/t17-,18-/m1/s1. The van der Waals surface area contributed by atoms with Gasteiger partial charge in [-0.1, -0.05) is 37.1 Å². The Balaban J connectivity index is 1.28. The number of hydrogen-bond donors (Lipinski definition) is 1. The van der Waals surface area contributed by atoms with Gasteiger partial charge < -0.3 is 5.32 Å². The van der Waals surface area contributed by atoms with Gasteiger partial charge in [0.2, 0.25) is 17.7 Å². The minimum absolute atomic E-state index is 0.173. The third-order valence-corrected chi connectivity index (χ3v) is 5.65. The van der Waals surface area contributed by atoms with E-state index in [1.165, 1.54) is 0 Å². The number of imide groups is 1. The molecule has 0 unspecified atom stereocenters. The molecule has 0 radical (unpaired) electrons. The first-order chi connectivity index (χ1) is 13.6. The van der Waals surface area contributed by atoms with Crippen LogP contribution in [0.3, 0.4) is 0 Å². The Morgan fingerprint density at radius 1 is 1.04 bits per heavy atom. The van der Waals surface area contributed by atoms with E-state index in [2.05, 4.69) is 10.4 Å². The third kappa shape index (κ3) is 3.83. The van der Waals surface area contributed by atoms with Crippen molar-refractivity contribution in [2.45, 2.75) is 38.8 Å². The number of nitrogens with zero attached hydrogens (tertiary/aromatic N) is 3. The summed E-state index contributed by atoms with van der Waals surface area (Å²) in [6, 6.07) is 9.80. The number of fused-ring (bicyclic) bond motifs is 1. The lowest BCUT2D eigenvalue weighted by Crippen LogP contribution is -2.40. The van der Waals surface area contributed by atoms with Gasteiger partial charge in [-0.3, -0.25) is 24.0 Å². The van der Waals surface area contributed by atoms with Gasteiger partial charge in [0, 0.05) is 18.9 Å². The molecule has 2 heterocycles. The van der Waals surface area contributed by atoms with Gasteiger partial charge in [-0.05, 0) is 30.0 Å². The highest BCUT2D eigenvalue weighted by atomic mass is 16.2. The quantitative estimate of drug-likeness (QED) is 0.774. The topological polar surface area (TPSA) is 84.3 Å². The summed E-state index contributed by atoms with van der Waals surface area (Å²) in [5.41, 5.74) is 2.08. The summed E-state index contributed by atoms with van der Waals surface area (Å²) in [5.74, 6) is -1.07. The van der Waals surface area contributed by atoms with Crippen molar-refractivity contribution in [1.82, 2.24) is 20.0 Å². The largest absolute Gasteiger partial charge is 0.350 e. The number of benzene rings is 1. The zero-order chi connectivity index (χ0) is 19.5. The number of aromatic nitrogens is 2. The maximum absolute atomic E-state index is 12.4. The Bertz CT molecular complexity index is 836. The summed E-state index contributed by atoms with van der Waals surface area (Å²) in [5, 5.41) is 6.99. The fourth-order valence-corrected chi connectivity index (χ4v) is 4.13. The third-order valence-electron chi connectivity index (χ3n) is 5.65. The lowest BCUT2D eigenvalue weighted by molar-refractivity contribution is -0.143. The molecule has 0 spiro atoms. The molecule has 1 saturated carbocycles. The SMILES string of the molecule is O=C(CN1C(=O)[C@@H]2CCCC[C@H]2C1=O)NCc1ccc(Cn2cccn2)cc1. The second-order valence-electron chi connectivity index (χ2n) is 7.56. The zero-order valence-electron chi connectivity index (χ0n) is 15.7. The van der Waals surface area contributed by atoms with E-state index < -0.39 is 0 Å². The van der Waals surface area contributed by atoms with Crippen LogP contribution in [0, 0.1) is 11.8 Å². The van der Waals surface area contributed by atoms with Crippen molar-refractivity contribution >= 4 is 17.7 Å². The zero-order valence-corrected chi connectivity index (χ0v) is 15.7. The lowest BCUT2D eigenvalue weighted by Gasteiger charge is -2.19. The second-order valence-corrected chi connectivity index (χ2v) is 7.56. The lowest BCUT2D eigenvalue weighted by atomic mass is 9.81. The molecular weight excluding hydrogens is 356 g/mol. The van der Waals surface area contributed by atoms with Gasteiger partial charge in [0.25, 0.3) is 0 Å². The average Bonchev–Trinajstić information content (AvgIpc) is 3.31. The molecule has 2 atom stereocenters.